The molecule has 0 amide bonds. The average molecular weight is 295 g/mol. The van der Waals surface area contributed by atoms with Crippen LogP contribution in [0.2, 0.25) is 5.02 Å². The van der Waals surface area contributed by atoms with E-state index in [1.54, 1.807) is 12.1 Å². The van der Waals surface area contributed by atoms with Crippen LogP contribution in [0.4, 0.5) is 0 Å². The number of hydrogen-bond acceptors (Lipinski definition) is 1. The van der Waals surface area contributed by atoms with Crippen molar-refractivity contribution in [1.29, 1.82) is 0 Å². The first-order valence-corrected chi connectivity index (χ1v) is 7.28. The lowest BCUT2D eigenvalue weighted by atomic mass is 9.98. The Morgan fingerprint density at radius 3 is 2.48 bits per heavy atom. The number of hydrogen-bond donors (Lipinski definition) is 0. The summed E-state index contributed by atoms with van der Waals surface area (Å²) in [5.41, 5.74) is 2.70. The standard InChI is InChI=1S/C19H15ClO/c1-13-10-17(20)8-9-18(13)19(21)12-14-6-7-15-4-2-3-5-16(15)11-14/h2-11H,12H2,1H3. The highest BCUT2D eigenvalue weighted by atomic mass is 35.5. The van der Waals surface area contributed by atoms with Crippen molar-refractivity contribution in [2.24, 2.45) is 0 Å². The van der Waals surface area contributed by atoms with E-state index in [9.17, 15) is 4.79 Å². The normalized spacial score (nSPS) is 10.8. The fraction of sp³-hybridized carbons (Fsp3) is 0.105. The minimum atomic E-state index is 0.124. The maximum absolute atomic E-state index is 12.4. The first kappa shape index (κ1) is 13.8. The Bertz CT molecular complexity index is 821. The van der Waals surface area contributed by atoms with Crippen LogP contribution in [-0.2, 0) is 6.42 Å². The molecule has 21 heavy (non-hydrogen) atoms. The third kappa shape index (κ3) is 2.98. The average Bonchev–Trinajstić information content (AvgIpc) is 2.47. The predicted molar refractivity (Wildman–Crippen MR) is 88.2 cm³/mol. The van der Waals surface area contributed by atoms with Crippen LogP contribution in [0.15, 0.2) is 60.7 Å². The number of Topliss-reactive ketones (excluding diaryl/α,β-unsaturated/α-hetero) is 1. The van der Waals surface area contributed by atoms with E-state index in [0.717, 1.165) is 22.1 Å². The summed E-state index contributed by atoms with van der Waals surface area (Å²) in [5, 5.41) is 3.02. The summed E-state index contributed by atoms with van der Waals surface area (Å²) in [4.78, 5) is 12.4. The van der Waals surface area contributed by atoms with Gasteiger partial charge in [0.25, 0.3) is 0 Å². The van der Waals surface area contributed by atoms with Crippen LogP contribution in [-0.4, -0.2) is 5.78 Å². The molecule has 0 aliphatic heterocycles. The molecular weight excluding hydrogens is 280 g/mol. The summed E-state index contributed by atoms with van der Waals surface area (Å²) in [6, 6.07) is 19.7. The van der Waals surface area contributed by atoms with Crippen LogP contribution in [0, 0.1) is 6.92 Å². The van der Waals surface area contributed by atoms with E-state index in [4.69, 9.17) is 11.6 Å². The quantitative estimate of drug-likeness (QED) is 0.605. The number of carbonyl (C=O) groups excluding carboxylic acids is 1. The van der Waals surface area contributed by atoms with E-state index >= 15 is 0 Å². The molecule has 0 aliphatic carbocycles. The number of halogens is 1. The monoisotopic (exact) mass is 294 g/mol. The van der Waals surface area contributed by atoms with Crippen molar-refractivity contribution >= 4 is 28.2 Å². The molecule has 0 saturated carbocycles. The molecule has 0 atom stereocenters. The molecule has 0 spiro atoms. The minimum Gasteiger partial charge on any atom is -0.294 e. The van der Waals surface area contributed by atoms with E-state index < -0.39 is 0 Å². The molecule has 0 radical (unpaired) electrons. The Morgan fingerprint density at radius 2 is 1.71 bits per heavy atom. The molecule has 0 fully saturated rings. The molecule has 2 heteroatoms. The van der Waals surface area contributed by atoms with Crippen molar-refractivity contribution in [3.63, 3.8) is 0 Å². The maximum Gasteiger partial charge on any atom is 0.167 e. The van der Waals surface area contributed by atoms with Gasteiger partial charge in [-0.3, -0.25) is 4.79 Å². The second-order valence-electron chi connectivity index (χ2n) is 5.24. The molecule has 3 aromatic rings. The molecular formula is C19H15ClO. The third-order valence-corrected chi connectivity index (χ3v) is 3.90. The van der Waals surface area contributed by atoms with Crippen molar-refractivity contribution in [3.8, 4) is 0 Å². The SMILES string of the molecule is Cc1cc(Cl)ccc1C(=O)Cc1ccc2ccccc2c1. The van der Waals surface area contributed by atoms with Gasteiger partial charge < -0.3 is 0 Å². The molecule has 0 aromatic heterocycles. The zero-order valence-electron chi connectivity index (χ0n) is 11.8. The van der Waals surface area contributed by atoms with Gasteiger partial charge in [0.05, 0.1) is 0 Å². The van der Waals surface area contributed by atoms with Gasteiger partial charge >= 0.3 is 0 Å². The molecule has 0 unspecified atom stereocenters. The van der Waals surface area contributed by atoms with Gasteiger partial charge in [0.2, 0.25) is 0 Å². The lowest BCUT2D eigenvalue weighted by molar-refractivity contribution is 0.0992. The number of benzene rings is 3. The molecule has 0 bridgehead atoms. The van der Waals surface area contributed by atoms with Crippen LogP contribution in [0.3, 0.4) is 0 Å². The van der Waals surface area contributed by atoms with E-state index in [-0.39, 0.29) is 5.78 Å². The number of ketones is 1. The van der Waals surface area contributed by atoms with Crippen LogP contribution < -0.4 is 0 Å². The molecule has 104 valence electrons. The third-order valence-electron chi connectivity index (χ3n) is 3.67. The molecule has 3 rings (SSSR count). The van der Waals surface area contributed by atoms with E-state index in [1.165, 1.54) is 5.39 Å². The number of fused-ring (bicyclic) bond motifs is 1. The highest BCUT2D eigenvalue weighted by Gasteiger charge is 2.10. The smallest absolute Gasteiger partial charge is 0.167 e. The molecule has 3 aromatic carbocycles. The van der Waals surface area contributed by atoms with Crippen LogP contribution in [0.25, 0.3) is 10.8 Å². The summed E-state index contributed by atoms with van der Waals surface area (Å²) >= 11 is 5.94. The van der Waals surface area contributed by atoms with Gasteiger partial charge in [-0.2, -0.15) is 0 Å². The van der Waals surface area contributed by atoms with Crippen LogP contribution >= 0.6 is 11.6 Å². The van der Waals surface area contributed by atoms with Crippen molar-refractivity contribution < 1.29 is 4.79 Å². The largest absolute Gasteiger partial charge is 0.294 e. The zero-order chi connectivity index (χ0) is 14.8. The summed E-state index contributed by atoms with van der Waals surface area (Å²) < 4.78 is 0. The lowest BCUT2D eigenvalue weighted by Crippen LogP contribution is -2.05. The predicted octanol–water partition coefficient (Wildman–Crippen LogP) is 5.23. The Morgan fingerprint density at radius 1 is 0.952 bits per heavy atom. The van der Waals surface area contributed by atoms with Gasteiger partial charge in [0, 0.05) is 17.0 Å². The highest BCUT2D eigenvalue weighted by molar-refractivity contribution is 6.30. The Kier molecular flexibility index (Phi) is 3.76. The molecule has 0 N–H and O–H groups in total. The Labute approximate surface area is 129 Å². The van der Waals surface area contributed by atoms with Gasteiger partial charge in [-0.05, 0) is 47.0 Å². The van der Waals surface area contributed by atoms with Crippen molar-refractivity contribution in [1.82, 2.24) is 0 Å². The van der Waals surface area contributed by atoms with Crippen molar-refractivity contribution in [3.05, 3.63) is 82.4 Å². The van der Waals surface area contributed by atoms with Gasteiger partial charge in [0.1, 0.15) is 0 Å². The van der Waals surface area contributed by atoms with E-state index in [0.29, 0.717) is 11.4 Å². The first-order chi connectivity index (χ1) is 10.1. The summed E-state index contributed by atoms with van der Waals surface area (Å²) in [6.07, 6.45) is 0.410. The summed E-state index contributed by atoms with van der Waals surface area (Å²) in [7, 11) is 0. The van der Waals surface area contributed by atoms with E-state index in [1.807, 2.05) is 31.2 Å². The summed E-state index contributed by atoms with van der Waals surface area (Å²) in [5.74, 6) is 0.124. The topological polar surface area (TPSA) is 17.1 Å². The van der Waals surface area contributed by atoms with Crippen LogP contribution in [0.5, 0.6) is 0 Å². The van der Waals surface area contributed by atoms with Crippen molar-refractivity contribution in [2.75, 3.05) is 0 Å². The first-order valence-electron chi connectivity index (χ1n) is 6.90. The number of rotatable bonds is 3. The fourth-order valence-electron chi connectivity index (χ4n) is 2.57. The molecule has 0 saturated heterocycles. The molecule has 0 aliphatic rings. The Balaban J connectivity index is 1.89. The number of aryl methyl sites for hydroxylation is 1. The molecule has 0 heterocycles. The maximum atomic E-state index is 12.4. The number of carbonyl (C=O) groups is 1. The second-order valence-corrected chi connectivity index (χ2v) is 5.68. The van der Waals surface area contributed by atoms with Gasteiger partial charge in [-0.25, -0.2) is 0 Å². The zero-order valence-corrected chi connectivity index (χ0v) is 12.5. The molecule has 1 nitrogen and oxygen atoms in total. The lowest BCUT2D eigenvalue weighted by Gasteiger charge is -2.07. The van der Waals surface area contributed by atoms with Crippen LogP contribution in [0.1, 0.15) is 21.5 Å². The van der Waals surface area contributed by atoms with E-state index in [2.05, 4.69) is 24.3 Å². The Hall–Kier alpha value is -2.12. The fourth-order valence-corrected chi connectivity index (χ4v) is 2.80. The second kappa shape index (κ2) is 5.71. The summed E-state index contributed by atoms with van der Waals surface area (Å²) in [6.45, 7) is 1.92. The highest BCUT2D eigenvalue weighted by Crippen LogP contribution is 2.20. The van der Waals surface area contributed by atoms with Gasteiger partial charge in [-0.15, -0.1) is 0 Å². The van der Waals surface area contributed by atoms with Crippen molar-refractivity contribution in [2.45, 2.75) is 13.3 Å². The van der Waals surface area contributed by atoms with Gasteiger partial charge in [0.15, 0.2) is 5.78 Å². The minimum absolute atomic E-state index is 0.124. The van der Waals surface area contributed by atoms with Gasteiger partial charge in [-0.1, -0.05) is 54.1 Å².